The number of hydrogen-bond donors (Lipinski definition) is 1. The van der Waals surface area contributed by atoms with Crippen molar-refractivity contribution in [3.8, 4) is 11.5 Å². The second kappa shape index (κ2) is 7.46. The average molecular weight is 339 g/mol. The number of carbonyl (C=O) groups is 1. The van der Waals surface area contributed by atoms with Gasteiger partial charge in [-0.15, -0.1) is 10.2 Å². The second-order valence-electron chi connectivity index (χ2n) is 4.53. The minimum atomic E-state index is -0.341. The van der Waals surface area contributed by atoms with E-state index in [1.807, 2.05) is 0 Å². The molecule has 8 heteroatoms. The van der Waals surface area contributed by atoms with Gasteiger partial charge >= 0.3 is 0 Å². The van der Waals surface area contributed by atoms with Gasteiger partial charge in [-0.25, -0.2) is 0 Å². The maximum atomic E-state index is 12.5. The smallest absolute Gasteiger partial charge is 0.265 e. The highest BCUT2D eigenvalue weighted by Crippen LogP contribution is 2.31. The highest BCUT2D eigenvalue weighted by Gasteiger charge is 2.19. The lowest BCUT2D eigenvalue weighted by Gasteiger charge is -2.11. The number of anilines is 1. The minimum Gasteiger partial charge on any atom is -0.496 e. The van der Waals surface area contributed by atoms with Crippen LogP contribution in [0.3, 0.4) is 0 Å². The van der Waals surface area contributed by atoms with E-state index in [-0.39, 0.29) is 5.91 Å². The molecular weight excluding hydrogens is 322 g/mol. The topological polar surface area (TPSA) is 73.3 Å². The molecule has 0 aliphatic heterocycles. The molecule has 2 rings (SSSR count). The molecule has 0 atom stereocenters. The number of ether oxygens (including phenoxy) is 2. The van der Waals surface area contributed by atoms with Gasteiger partial charge in [-0.1, -0.05) is 43.0 Å². The van der Waals surface area contributed by atoms with Crippen molar-refractivity contribution in [3.63, 3.8) is 0 Å². The first-order valence-electron chi connectivity index (χ1n) is 6.57. The zero-order chi connectivity index (χ0) is 16.1. The van der Waals surface area contributed by atoms with Crippen LogP contribution in [0.5, 0.6) is 11.5 Å². The van der Waals surface area contributed by atoms with Crippen LogP contribution in [0.2, 0.25) is 0 Å². The Bertz CT molecular complexity index is 636. The molecule has 0 unspecified atom stereocenters. The summed E-state index contributed by atoms with van der Waals surface area (Å²) in [5.74, 6) is 0.544. The fourth-order valence-electron chi connectivity index (χ4n) is 1.74. The van der Waals surface area contributed by atoms with E-state index >= 15 is 0 Å². The number of nitrogens with zero attached hydrogens (tertiary/aromatic N) is 2. The van der Waals surface area contributed by atoms with E-state index in [9.17, 15) is 4.79 Å². The molecule has 6 nitrogen and oxygen atoms in total. The first-order valence-corrected chi connectivity index (χ1v) is 8.27. The molecule has 0 saturated carbocycles. The molecule has 0 bridgehead atoms. The molecular formula is C14H17N3O3S2. The summed E-state index contributed by atoms with van der Waals surface area (Å²) in [5.41, 5.74) is 0.334. The van der Waals surface area contributed by atoms with E-state index in [0.29, 0.717) is 27.4 Å². The summed E-state index contributed by atoms with van der Waals surface area (Å²) in [6.07, 6.45) is 0. The first kappa shape index (κ1) is 16.6. The highest BCUT2D eigenvalue weighted by atomic mass is 32.2. The third kappa shape index (κ3) is 3.89. The van der Waals surface area contributed by atoms with Crippen LogP contribution < -0.4 is 14.8 Å². The quantitative estimate of drug-likeness (QED) is 0.643. The number of hydrogen-bond acceptors (Lipinski definition) is 7. The van der Waals surface area contributed by atoms with Gasteiger partial charge in [0.05, 0.1) is 14.2 Å². The summed E-state index contributed by atoms with van der Waals surface area (Å²) < 4.78 is 11.3. The Morgan fingerprint density at radius 1 is 1.23 bits per heavy atom. The lowest BCUT2D eigenvalue weighted by molar-refractivity contribution is 0.102. The van der Waals surface area contributed by atoms with Crippen LogP contribution >= 0.6 is 23.1 Å². The summed E-state index contributed by atoms with van der Waals surface area (Å²) in [6, 6.07) is 5.17. The lowest BCUT2D eigenvalue weighted by Crippen LogP contribution is -2.14. The van der Waals surface area contributed by atoms with Crippen LogP contribution in [0, 0.1) is 0 Å². The Morgan fingerprint density at radius 2 is 1.86 bits per heavy atom. The number of amides is 1. The Morgan fingerprint density at radius 3 is 2.41 bits per heavy atom. The van der Waals surface area contributed by atoms with Crippen molar-refractivity contribution < 1.29 is 14.3 Å². The number of nitrogens with one attached hydrogen (secondary N) is 1. The molecule has 0 spiro atoms. The molecule has 22 heavy (non-hydrogen) atoms. The monoisotopic (exact) mass is 339 g/mol. The number of rotatable bonds is 6. The van der Waals surface area contributed by atoms with Crippen LogP contribution in [0.4, 0.5) is 5.13 Å². The molecule has 1 N–H and O–H groups in total. The normalized spacial score (nSPS) is 10.6. The predicted octanol–water partition coefficient (Wildman–Crippen LogP) is 3.31. The zero-order valence-corrected chi connectivity index (χ0v) is 14.4. The van der Waals surface area contributed by atoms with Gasteiger partial charge in [0.15, 0.2) is 4.34 Å². The molecule has 1 amide bonds. The van der Waals surface area contributed by atoms with E-state index in [2.05, 4.69) is 29.4 Å². The van der Waals surface area contributed by atoms with Gasteiger partial charge in [-0.2, -0.15) is 0 Å². The van der Waals surface area contributed by atoms with Gasteiger partial charge in [0, 0.05) is 5.25 Å². The van der Waals surface area contributed by atoms with Crippen molar-refractivity contribution >= 4 is 34.1 Å². The minimum absolute atomic E-state index is 0.334. The largest absolute Gasteiger partial charge is 0.496 e. The summed E-state index contributed by atoms with van der Waals surface area (Å²) in [4.78, 5) is 12.5. The summed E-state index contributed by atoms with van der Waals surface area (Å²) >= 11 is 2.94. The van der Waals surface area contributed by atoms with Crippen molar-refractivity contribution in [2.75, 3.05) is 19.5 Å². The molecule has 1 aromatic carbocycles. The van der Waals surface area contributed by atoms with Crippen molar-refractivity contribution in [1.29, 1.82) is 0 Å². The van der Waals surface area contributed by atoms with Gasteiger partial charge < -0.3 is 9.47 Å². The molecule has 0 fully saturated rings. The van der Waals surface area contributed by atoms with Crippen LogP contribution in [-0.2, 0) is 0 Å². The van der Waals surface area contributed by atoms with Gasteiger partial charge in [-0.3, -0.25) is 10.1 Å². The van der Waals surface area contributed by atoms with E-state index < -0.39 is 0 Å². The standard InChI is InChI=1S/C14H17N3O3S2/c1-8(2)21-14-17-16-13(22-14)15-12(18)11-9(19-3)6-5-7-10(11)20-4/h5-8H,1-4H3,(H,15,16,18). The molecule has 0 radical (unpaired) electrons. The maximum Gasteiger partial charge on any atom is 0.265 e. The summed E-state index contributed by atoms with van der Waals surface area (Å²) in [6.45, 7) is 4.15. The third-order valence-corrected chi connectivity index (χ3v) is 4.55. The number of thioether (sulfide) groups is 1. The summed E-state index contributed by atoms with van der Waals surface area (Å²) in [7, 11) is 3.02. The Kier molecular flexibility index (Phi) is 5.62. The average Bonchev–Trinajstić information content (AvgIpc) is 2.92. The zero-order valence-electron chi connectivity index (χ0n) is 12.7. The Balaban J connectivity index is 2.20. The number of carbonyl (C=O) groups excluding carboxylic acids is 1. The van der Waals surface area contributed by atoms with E-state index in [4.69, 9.17) is 9.47 Å². The summed E-state index contributed by atoms with van der Waals surface area (Å²) in [5, 5.41) is 11.6. The van der Waals surface area contributed by atoms with E-state index in [1.165, 1.54) is 25.6 Å². The predicted molar refractivity (Wildman–Crippen MR) is 88.4 cm³/mol. The van der Waals surface area contributed by atoms with E-state index in [0.717, 1.165) is 4.34 Å². The van der Waals surface area contributed by atoms with E-state index in [1.54, 1.807) is 30.0 Å². The van der Waals surface area contributed by atoms with Crippen LogP contribution in [-0.4, -0.2) is 35.6 Å². The SMILES string of the molecule is COc1cccc(OC)c1C(=O)Nc1nnc(SC(C)C)s1. The Labute approximate surface area is 137 Å². The first-order chi connectivity index (χ1) is 10.5. The molecule has 0 saturated heterocycles. The van der Waals surface area contributed by atoms with Crippen molar-refractivity contribution in [2.45, 2.75) is 23.4 Å². The van der Waals surface area contributed by atoms with Crippen molar-refractivity contribution in [1.82, 2.24) is 10.2 Å². The second-order valence-corrected chi connectivity index (χ2v) is 7.33. The van der Waals surface area contributed by atoms with Crippen LogP contribution in [0.1, 0.15) is 24.2 Å². The highest BCUT2D eigenvalue weighted by molar-refractivity contribution is 8.01. The molecule has 1 aromatic heterocycles. The van der Waals surface area contributed by atoms with Gasteiger partial charge in [0.2, 0.25) is 5.13 Å². The molecule has 0 aliphatic rings. The van der Waals surface area contributed by atoms with Gasteiger partial charge in [-0.05, 0) is 12.1 Å². The maximum absolute atomic E-state index is 12.5. The third-order valence-electron chi connectivity index (χ3n) is 2.62. The van der Waals surface area contributed by atoms with Gasteiger partial charge in [0.1, 0.15) is 17.1 Å². The number of aromatic nitrogens is 2. The van der Waals surface area contributed by atoms with Gasteiger partial charge in [0.25, 0.3) is 5.91 Å². The van der Waals surface area contributed by atoms with Crippen LogP contribution in [0.25, 0.3) is 0 Å². The molecule has 0 aliphatic carbocycles. The molecule has 118 valence electrons. The van der Waals surface area contributed by atoms with Crippen molar-refractivity contribution in [3.05, 3.63) is 23.8 Å². The number of methoxy groups -OCH3 is 2. The number of benzene rings is 1. The van der Waals surface area contributed by atoms with Crippen LogP contribution in [0.15, 0.2) is 22.5 Å². The Hall–Kier alpha value is -1.80. The molecule has 1 heterocycles. The fourth-order valence-corrected chi connectivity index (χ4v) is 3.71. The lowest BCUT2D eigenvalue weighted by atomic mass is 10.1. The molecule has 2 aromatic rings. The van der Waals surface area contributed by atoms with Crippen molar-refractivity contribution in [2.24, 2.45) is 0 Å². The fraction of sp³-hybridized carbons (Fsp3) is 0.357.